The van der Waals surface area contributed by atoms with Crippen molar-refractivity contribution in [1.82, 2.24) is 0 Å². The van der Waals surface area contributed by atoms with Gasteiger partial charge in [-0.05, 0) is 25.0 Å². The van der Waals surface area contributed by atoms with Gasteiger partial charge in [0.15, 0.2) is 11.5 Å². The van der Waals surface area contributed by atoms with Crippen molar-refractivity contribution in [1.29, 1.82) is 0 Å². The summed E-state index contributed by atoms with van der Waals surface area (Å²) in [6.45, 7) is 2.63. The first kappa shape index (κ1) is 14.6. The van der Waals surface area contributed by atoms with E-state index in [1.807, 2.05) is 13.0 Å². The summed E-state index contributed by atoms with van der Waals surface area (Å²) in [6, 6.07) is 3.54. The number of benzene rings is 1. The predicted molar refractivity (Wildman–Crippen MR) is 75.3 cm³/mol. The van der Waals surface area contributed by atoms with Gasteiger partial charge in [0.2, 0.25) is 5.91 Å². The molecule has 110 valence electrons. The van der Waals surface area contributed by atoms with Gasteiger partial charge in [-0.3, -0.25) is 4.79 Å². The number of hydrogen-bond donors (Lipinski definition) is 2. The van der Waals surface area contributed by atoms with E-state index in [0.29, 0.717) is 30.2 Å². The second-order valence-corrected chi connectivity index (χ2v) is 4.93. The predicted octanol–water partition coefficient (Wildman–Crippen LogP) is 1.07. The molecule has 3 N–H and O–H groups in total. The van der Waals surface area contributed by atoms with Crippen LogP contribution in [0.4, 0.5) is 5.69 Å². The maximum atomic E-state index is 12.3. The monoisotopic (exact) mass is 280 g/mol. The minimum atomic E-state index is -0.959. The zero-order valence-corrected chi connectivity index (χ0v) is 12.0. The van der Waals surface area contributed by atoms with Gasteiger partial charge in [0.1, 0.15) is 5.54 Å². The Bertz CT molecular complexity index is 510. The summed E-state index contributed by atoms with van der Waals surface area (Å²) >= 11 is 0. The highest BCUT2D eigenvalue weighted by atomic mass is 16.5. The number of nitrogens with one attached hydrogen (secondary N) is 1. The van der Waals surface area contributed by atoms with Crippen molar-refractivity contribution in [3.63, 3.8) is 0 Å². The van der Waals surface area contributed by atoms with Crippen LogP contribution in [-0.2, 0) is 9.53 Å². The number of anilines is 1. The molecule has 1 heterocycles. The van der Waals surface area contributed by atoms with E-state index < -0.39 is 5.54 Å². The molecule has 1 unspecified atom stereocenters. The quantitative estimate of drug-likeness (QED) is 0.862. The normalized spacial score (nSPS) is 21.6. The van der Waals surface area contributed by atoms with Crippen molar-refractivity contribution < 1.29 is 19.0 Å². The third-order valence-electron chi connectivity index (χ3n) is 3.48. The van der Waals surface area contributed by atoms with E-state index in [1.54, 1.807) is 20.3 Å². The van der Waals surface area contributed by atoms with E-state index in [9.17, 15) is 4.79 Å². The molecule has 20 heavy (non-hydrogen) atoms. The number of carbonyl (C=O) groups excluding carboxylic acids is 1. The van der Waals surface area contributed by atoms with Gasteiger partial charge in [0.05, 0.1) is 20.8 Å². The summed E-state index contributed by atoms with van der Waals surface area (Å²) in [5, 5.41) is 2.84. The molecular formula is C14H20N2O4. The number of aryl methyl sites for hydroxylation is 1. The second-order valence-electron chi connectivity index (χ2n) is 4.93. The van der Waals surface area contributed by atoms with Gasteiger partial charge in [-0.2, -0.15) is 0 Å². The van der Waals surface area contributed by atoms with E-state index in [4.69, 9.17) is 19.9 Å². The van der Waals surface area contributed by atoms with E-state index >= 15 is 0 Å². The van der Waals surface area contributed by atoms with Gasteiger partial charge < -0.3 is 25.3 Å². The van der Waals surface area contributed by atoms with Crippen LogP contribution in [0.25, 0.3) is 0 Å². The van der Waals surface area contributed by atoms with E-state index in [-0.39, 0.29) is 12.5 Å². The summed E-state index contributed by atoms with van der Waals surface area (Å²) in [5.41, 5.74) is 6.61. The Morgan fingerprint density at radius 2 is 2.00 bits per heavy atom. The number of carbonyl (C=O) groups is 1. The molecule has 0 bridgehead atoms. The number of ether oxygens (including phenoxy) is 3. The van der Waals surface area contributed by atoms with E-state index in [2.05, 4.69) is 5.32 Å². The Kier molecular flexibility index (Phi) is 4.15. The highest BCUT2D eigenvalue weighted by Gasteiger charge is 2.38. The topological polar surface area (TPSA) is 82.8 Å². The van der Waals surface area contributed by atoms with Gasteiger partial charge in [0, 0.05) is 18.4 Å². The lowest BCUT2D eigenvalue weighted by Gasteiger charge is -2.22. The third kappa shape index (κ3) is 2.71. The van der Waals surface area contributed by atoms with Crippen LogP contribution in [-0.4, -0.2) is 38.9 Å². The lowest BCUT2D eigenvalue weighted by molar-refractivity contribution is -0.121. The highest BCUT2D eigenvalue weighted by molar-refractivity contribution is 5.99. The van der Waals surface area contributed by atoms with Gasteiger partial charge in [-0.25, -0.2) is 0 Å². The fraction of sp³-hybridized carbons (Fsp3) is 0.500. The van der Waals surface area contributed by atoms with Crippen LogP contribution >= 0.6 is 0 Å². The molecule has 1 fully saturated rings. The first-order valence-electron chi connectivity index (χ1n) is 6.41. The average molecular weight is 280 g/mol. The summed E-state index contributed by atoms with van der Waals surface area (Å²) in [4.78, 5) is 12.3. The number of hydrogen-bond acceptors (Lipinski definition) is 5. The molecule has 0 saturated carbocycles. The Hall–Kier alpha value is -1.79. The largest absolute Gasteiger partial charge is 0.493 e. The van der Waals surface area contributed by atoms with Crippen molar-refractivity contribution in [2.45, 2.75) is 18.9 Å². The van der Waals surface area contributed by atoms with Crippen molar-refractivity contribution in [3.05, 3.63) is 17.7 Å². The smallest absolute Gasteiger partial charge is 0.246 e. The van der Waals surface area contributed by atoms with Crippen molar-refractivity contribution in [2.24, 2.45) is 5.73 Å². The minimum Gasteiger partial charge on any atom is -0.493 e. The van der Waals surface area contributed by atoms with E-state index in [0.717, 1.165) is 5.56 Å². The maximum absolute atomic E-state index is 12.3. The first-order valence-corrected chi connectivity index (χ1v) is 6.41. The van der Waals surface area contributed by atoms with Gasteiger partial charge in [0.25, 0.3) is 0 Å². The molecular weight excluding hydrogens is 260 g/mol. The van der Waals surface area contributed by atoms with Crippen molar-refractivity contribution in [2.75, 3.05) is 32.8 Å². The minimum absolute atomic E-state index is 0.241. The molecule has 1 aliphatic heterocycles. The molecule has 6 nitrogen and oxygen atoms in total. The lowest BCUT2D eigenvalue weighted by Crippen LogP contribution is -2.51. The van der Waals surface area contributed by atoms with E-state index in [1.165, 1.54) is 0 Å². The molecule has 1 amide bonds. The van der Waals surface area contributed by atoms with Crippen LogP contribution in [0.5, 0.6) is 11.5 Å². The molecule has 1 atom stereocenters. The molecule has 0 radical (unpaired) electrons. The van der Waals surface area contributed by atoms with Crippen molar-refractivity contribution in [3.8, 4) is 11.5 Å². The number of nitrogens with two attached hydrogens (primary N) is 1. The number of methoxy groups -OCH3 is 2. The van der Waals surface area contributed by atoms with Gasteiger partial charge >= 0.3 is 0 Å². The fourth-order valence-electron chi connectivity index (χ4n) is 2.12. The van der Waals surface area contributed by atoms with Gasteiger partial charge in [-0.15, -0.1) is 0 Å². The maximum Gasteiger partial charge on any atom is 0.246 e. The van der Waals surface area contributed by atoms with Crippen LogP contribution in [0.2, 0.25) is 0 Å². The lowest BCUT2D eigenvalue weighted by atomic mass is 9.99. The molecule has 1 aromatic carbocycles. The Balaban J connectivity index is 2.23. The Morgan fingerprint density at radius 1 is 1.35 bits per heavy atom. The summed E-state index contributed by atoms with van der Waals surface area (Å²) < 4.78 is 15.6. The standard InChI is InChI=1S/C14H20N2O4/c1-9-6-11(18-2)12(19-3)7-10(9)16-13(17)14(15)4-5-20-8-14/h6-7H,4-5,8,15H2,1-3H3,(H,16,17). The van der Waals surface area contributed by atoms with Crippen LogP contribution in [0.3, 0.4) is 0 Å². The summed E-state index contributed by atoms with van der Waals surface area (Å²) in [7, 11) is 3.12. The molecule has 2 rings (SSSR count). The van der Waals surface area contributed by atoms with Crippen LogP contribution in [0, 0.1) is 6.92 Å². The Labute approximate surface area is 118 Å². The fourth-order valence-corrected chi connectivity index (χ4v) is 2.12. The molecule has 0 spiro atoms. The Morgan fingerprint density at radius 3 is 2.55 bits per heavy atom. The first-order chi connectivity index (χ1) is 9.50. The van der Waals surface area contributed by atoms with Gasteiger partial charge in [-0.1, -0.05) is 0 Å². The van der Waals surface area contributed by atoms with Crippen LogP contribution < -0.4 is 20.5 Å². The number of rotatable bonds is 4. The van der Waals surface area contributed by atoms with Crippen LogP contribution in [0.15, 0.2) is 12.1 Å². The third-order valence-corrected chi connectivity index (χ3v) is 3.48. The summed E-state index contributed by atoms with van der Waals surface area (Å²) in [6.07, 6.45) is 0.519. The SMILES string of the molecule is COc1cc(C)c(NC(=O)C2(N)CCOC2)cc1OC. The molecule has 0 aliphatic carbocycles. The average Bonchev–Trinajstić information content (AvgIpc) is 2.88. The highest BCUT2D eigenvalue weighted by Crippen LogP contribution is 2.33. The molecule has 0 aromatic heterocycles. The second kappa shape index (κ2) is 5.68. The zero-order chi connectivity index (χ0) is 14.8. The molecule has 1 saturated heterocycles. The number of amides is 1. The molecule has 6 heteroatoms. The molecule has 1 aliphatic rings. The van der Waals surface area contributed by atoms with Crippen molar-refractivity contribution >= 4 is 11.6 Å². The summed E-state index contributed by atoms with van der Waals surface area (Å²) in [5.74, 6) is 0.933. The van der Waals surface area contributed by atoms with Crippen LogP contribution in [0.1, 0.15) is 12.0 Å². The molecule has 1 aromatic rings. The zero-order valence-electron chi connectivity index (χ0n) is 12.0.